The zero-order chi connectivity index (χ0) is 68.6. The standard InChI is InChI=1S/C74H140O17P2/c1-7-10-12-14-16-18-20-21-22-26-30-33-37-44-50-56-71(76)84-62-69(90-74(79)59-53-47-39-35-31-27-24-23-25-29-32-36-42-48-54-66(4)5)64-88-92(80,81)86-60-68(75)61-87-93(82,83)89-65-70(63-85-72(77)57-51-45-41-40-43-49-55-67(6)9-3)91-73(78)58-52-46-38-34-28-19-17-15-13-11-8-2/h18,20-22,66-70,75H,7-17,19,23-65H2,1-6H3,(H,80,81)(H,82,83)/b20-18-,22-21-/t67?,68-,69-,70-/m1/s1. The minimum Gasteiger partial charge on any atom is -0.462 e. The van der Waals surface area contributed by atoms with Crippen LogP contribution in [0.1, 0.15) is 356 Å². The number of carbonyl (C=O) groups is 4. The summed E-state index contributed by atoms with van der Waals surface area (Å²) in [6.45, 7) is 9.49. The number of unbranched alkanes of at least 4 members (excludes halogenated alkanes) is 37. The Morgan fingerprint density at radius 1 is 0.355 bits per heavy atom. The van der Waals surface area contributed by atoms with E-state index < -0.39 is 97.5 Å². The lowest BCUT2D eigenvalue weighted by atomic mass is 10.00. The van der Waals surface area contributed by atoms with Crippen molar-refractivity contribution in [2.75, 3.05) is 39.6 Å². The molecule has 0 radical (unpaired) electrons. The highest BCUT2D eigenvalue weighted by Gasteiger charge is 2.30. The first kappa shape index (κ1) is 90.5. The van der Waals surface area contributed by atoms with E-state index in [2.05, 4.69) is 65.8 Å². The Morgan fingerprint density at radius 3 is 0.968 bits per heavy atom. The van der Waals surface area contributed by atoms with Crippen molar-refractivity contribution < 1.29 is 80.2 Å². The first-order valence-corrected chi connectivity index (χ1v) is 40.8. The van der Waals surface area contributed by atoms with E-state index in [-0.39, 0.29) is 25.7 Å². The van der Waals surface area contributed by atoms with Gasteiger partial charge in [-0.05, 0) is 63.2 Å². The van der Waals surface area contributed by atoms with Gasteiger partial charge < -0.3 is 33.8 Å². The van der Waals surface area contributed by atoms with Gasteiger partial charge in [0.1, 0.15) is 19.3 Å². The monoisotopic (exact) mass is 1360 g/mol. The molecule has 0 heterocycles. The van der Waals surface area contributed by atoms with Crippen LogP contribution >= 0.6 is 15.6 Å². The molecule has 0 amide bonds. The molecule has 0 aliphatic carbocycles. The van der Waals surface area contributed by atoms with Gasteiger partial charge in [0.15, 0.2) is 12.2 Å². The number of carbonyl (C=O) groups excluding carboxylic acids is 4. The highest BCUT2D eigenvalue weighted by Crippen LogP contribution is 2.45. The van der Waals surface area contributed by atoms with Gasteiger partial charge in [-0.1, -0.05) is 303 Å². The van der Waals surface area contributed by atoms with Crippen molar-refractivity contribution in [2.45, 2.75) is 374 Å². The van der Waals surface area contributed by atoms with Gasteiger partial charge >= 0.3 is 39.5 Å². The van der Waals surface area contributed by atoms with Crippen molar-refractivity contribution in [3.05, 3.63) is 24.3 Å². The minimum absolute atomic E-state index is 0.100. The van der Waals surface area contributed by atoms with Crippen LogP contribution in [0.5, 0.6) is 0 Å². The van der Waals surface area contributed by atoms with Crippen molar-refractivity contribution in [1.29, 1.82) is 0 Å². The molecule has 0 aromatic heterocycles. The van der Waals surface area contributed by atoms with Gasteiger partial charge in [-0.2, -0.15) is 0 Å². The number of phosphoric ester groups is 2. The molecule has 0 aromatic carbocycles. The third-order valence-corrected chi connectivity index (χ3v) is 18.8. The fourth-order valence-corrected chi connectivity index (χ4v) is 12.3. The van der Waals surface area contributed by atoms with Crippen LogP contribution in [0, 0.1) is 11.8 Å². The van der Waals surface area contributed by atoms with Crippen molar-refractivity contribution in [3.63, 3.8) is 0 Å². The Hall–Kier alpha value is -2.46. The van der Waals surface area contributed by atoms with Crippen molar-refractivity contribution >= 4 is 39.5 Å². The van der Waals surface area contributed by atoms with Gasteiger partial charge in [-0.3, -0.25) is 37.3 Å². The van der Waals surface area contributed by atoms with Gasteiger partial charge in [0, 0.05) is 25.7 Å². The Morgan fingerprint density at radius 2 is 0.634 bits per heavy atom. The Bertz CT molecular complexity index is 1900. The molecular weight excluding hydrogens is 1220 g/mol. The topological polar surface area (TPSA) is 237 Å². The maximum Gasteiger partial charge on any atom is 0.472 e. The smallest absolute Gasteiger partial charge is 0.462 e. The van der Waals surface area contributed by atoms with E-state index >= 15 is 0 Å². The molecule has 548 valence electrons. The van der Waals surface area contributed by atoms with Crippen molar-refractivity contribution in [2.24, 2.45) is 11.8 Å². The predicted molar refractivity (Wildman–Crippen MR) is 377 cm³/mol. The van der Waals surface area contributed by atoms with Crippen LogP contribution < -0.4 is 0 Å². The summed E-state index contributed by atoms with van der Waals surface area (Å²) < 4.78 is 68.4. The van der Waals surface area contributed by atoms with E-state index in [0.29, 0.717) is 25.7 Å². The number of allylic oxidation sites excluding steroid dienone is 4. The molecule has 0 aliphatic rings. The third kappa shape index (κ3) is 66.6. The lowest BCUT2D eigenvalue weighted by molar-refractivity contribution is -0.161. The second-order valence-corrected chi connectivity index (χ2v) is 29.6. The van der Waals surface area contributed by atoms with E-state index in [1.165, 1.54) is 148 Å². The fourth-order valence-electron chi connectivity index (χ4n) is 10.7. The maximum atomic E-state index is 13.1. The molecule has 19 heteroatoms. The highest BCUT2D eigenvalue weighted by atomic mass is 31.2. The SMILES string of the molecule is CCCCCC/C=C\C=C/CCCCCCCC(=O)OC[C@H](COP(=O)(O)OC[C@@H](O)COP(=O)(O)OC[C@@H](COC(=O)CCCCCCCCC(C)CC)OC(=O)CCCCCCCCCCCCC)OC(=O)CCCCCCCCCCCCCCCCC(C)C. The van der Waals surface area contributed by atoms with E-state index in [1.807, 2.05) is 0 Å². The summed E-state index contributed by atoms with van der Waals surface area (Å²) in [5, 5.41) is 10.6. The average molecular weight is 1360 g/mol. The largest absolute Gasteiger partial charge is 0.472 e. The predicted octanol–water partition coefficient (Wildman–Crippen LogP) is 21.1. The summed E-state index contributed by atoms with van der Waals surface area (Å²) in [4.78, 5) is 72.7. The van der Waals surface area contributed by atoms with Gasteiger partial charge in [-0.15, -0.1) is 0 Å². The first-order chi connectivity index (χ1) is 44.9. The Balaban J connectivity index is 5.28. The number of aliphatic hydroxyl groups excluding tert-OH is 1. The highest BCUT2D eigenvalue weighted by molar-refractivity contribution is 7.47. The lowest BCUT2D eigenvalue weighted by Gasteiger charge is -2.21. The summed E-state index contributed by atoms with van der Waals surface area (Å²) in [7, 11) is -9.92. The van der Waals surface area contributed by atoms with Crippen LogP contribution in [0.2, 0.25) is 0 Å². The molecule has 0 aromatic rings. The normalized spacial score (nSPS) is 14.5. The van der Waals surface area contributed by atoms with Crippen molar-refractivity contribution in [3.8, 4) is 0 Å². The van der Waals surface area contributed by atoms with Crippen molar-refractivity contribution in [1.82, 2.24) is 0 Å². The lowest BCUT2D eigenvalue weighted by Crippen LogP contribution is -2.30. The number of hydrogen-bond acceptors (Lipinski definition) is 15. The number of aliphatic hydroxyl groups is 1. The molecule has 93 heavy (non-hydrogen) atoms. The average Bonchev–Trinajstić information content (AvgIpc) is 3.46. The zero-order valence-electron chi connectivity index (χ0n) is 60.0. The minimum atomic E-state index is -4.96. The first-order valence-electron chi connectivity index (χ1n) is 37.8. The van der Waals surface area contributed by atoms with Crippen LogP contribution in [0.15, 0.2) is 24.3 Å². The third-order valence-electron chi connectivity index (χ3n) is 16.9. The summed E-state index contributed by atoms with van der Waals surface area (Å²) in [5.41, 5.74) is 0. The molecule has 0 bridgehead atoms. The van der Waals surface area contributed by atoms with E-state index in [9.17, 15) is 43.2 Å². The van der Waals surface area contributed by atoms with E-state index in [0.717, 1.165) is 127 Å². The summed E-state index contributed by atoms with van der Waals surface area (Å²) in [6, 6.07) is 0. The quantitative estimate of drug-likeness (QED) is 0.0169. The summed E-state index contributed by atoms with van der Waals surface area (Å²) >= 11 is 0. The molecular formula is C74H140O17P2. The molecule has 3 unspecified atom stereocenters. The number of rotatable bonds is 71. The van der Waals surface area contributed by atoms with Crippen LogP contribution in [0.25, 0.3) is 0 Å². The fraction of sp³-hybridized carbons (Fsp3) is 0.892. The molecule has 0 spiro atoms. The molecule has 0 saturated heterocycles. The number of esters is 4. The molecule has 0 saturated carbocycles. The molecule has 3 N–H and O–H groups in total. The molecule has 0 aliphatic heterocycles. The second kappa shape index (κ2) is 65.5. The maximum absolute atomic E-state index is 13.1. The Kier molecular flexibility index (Phi) is 63.7. The zero-order valence-corrected chi connectivity index (χ0v) is 61.8. The van der Waals surface area contributed by atoms with Gasteiger partial charge in [0.2, 0.25) is 0 Å². The molecule has 0 fully saturated rings. The number of phosphoric acid groups is 2. The van der Waals surface area contributed by atoms with Crippen LogP contribution in [-0.2, 0) is 65.4 Å². The van der Waals surface area contributed by atoms with Gasteiger partial charge in [0.25, 0.3) is 0 Å². The number of hydrogen-bond donors (Lipinski definition) is 3. The number of ether oxygens (including phenoxy) is 4. The molecule has 17 nitrogen and oxygen atoms in total. The van der Waals surface area contributed by atoms with Gasteiger partial charge in [-0.25, -0.2) is 9.13 Å². The van der Waals surface area contributed by atoms with Crippen LogP contribution in [0.4, 0.5) is 0 Å². The van der Waals surface area contributed by atoms with Crippen LogP contribution in [-0.4, -0.2) is 96.7 Å². The van der Waals surface area contributed by atoms with Crippen LogP contribution in [0.3, 0.4) is 0 Å². The summed E-state index contributed by atoms with van der Waals surface area (Å²) in [6.07, 6.45) is 54.9. The second-order valence-electron chi connectivity index (χ2n) is 26.7. The molecule has 6 atom stereocenters. The van der Waals surface area contributed by atoms with E-state index in [4.69, 9.17) is 37.0 Å². The van der Waals surface area contributed by atoms with E-state index in [1.54, 1.807) is 0 Å². The molecule has 0 rings (SSSR count). The summed E-state index contributed by atoms with van der Waals surface area (Å²) in [5.74, 6) is -0.627. The Labute approximate surface area is 567 Å². The van der Waals surface area contributed by atoms with Gasteiger partial charge in [0.05, 0.1) is 26.4 Å².